The van der Waals surface area contributed by atoms with Crippen molar-refractivity contribution in [2.24, 2.45) is 0 Å². The van der Waals surface area contributed by atoms with Crippen molar-refractivity contribution >= 4 is 22.7 Å². The summed E-state index contributed by atoms with van der Waals surface area (Å²) in [5.41, 5.74) is 11.8. The van der Waals surface area contributed by atoms with Gasteiger partial charge in [-0.05, 0) is 44.4 Å². The number of ether oxygens (including phenoxy) is 1. The molecule has 0 aliphatic carbocycles. The van der Waals surface area contributed by atoms with Crippen molar-refractivity contribution in [1.82, 2.24) is 9.55 Å². The molecule has 3 aromatic carbocycles. The smallest absolute Gasteiger partial charge is 0.303 e. The van der Waals surface area contributed by atoms with Gasteiger partial charge in [-0.25, -0.2) is 4.98 Å². The Balaban J connectivity index is 1.68. The average molecular weight is 430 g/mol. The van der Waals surface area contributed by atoms with Crippen molar-refractivity contribution < 1.29 is 14.6 Å². The maximum Gasteiger partial charge on any atom is 0.303 e. The molecule has 0 atom stereocenters. The van der Waals surface area contributed by atoms with Crippen LogP contribution in [0.2, 0.25) is 0 Å². The first-order chi connectivity index (χ1) is 15.5. The Labute approximate surface area is 187 Å². The lowest BCUT2D eigenvalue weighted by Gasteiger charge is -2.12. The van der Waals surface area contributed by atoms with Crippen LogP contribution in [-0.4, -0.2) is 27.2 Å². The SMILES string of the molecule is Cc1ccc(-n2c(-c3ccccc3)nc3cc(N)c(OCCCCCC(=O)O)cc32)cc1. The molecule has 4 aromatic rings. The van der Waals surface area contributed by atoms with Gasteiger partial charge in [0.25, 0.3) is 0 Å². The minimum Gasteiger partial charge on any atom is -0.491 e. The summed E-state index contributed by atoms with van der Waals surface area (Å²) >= 11 is 0. The molecule has 6 nitrogen and oxygen atoms in total. The summed E-state index contributed by atoms with van der Waals surface area (Å²) in [5, 5.41) is 8.75. The van der Waals surface area contributed by atoms with Crippen LogP contribution in [0, 0.1) is 6.92 Å². The molecule has 6 heteroatoms. The number of aliphatic carboxylic acids is 1. The quantitative estimate of drug-likeness (QED) is 0.267. The fourth-order valence-electron chi connectivity index (χ4n) is 3.72. The van der Waals surface area contributed by atoms with Crippen molar-refractivity contribution in [3.8, 4) is 22.8 Å². The summed E-state index contributed by atoms with van der Waals surface area (Å²) in [6.45, 7) is 2.55. The molecule has 4 rings (SSSR count). The van der Waals surface area contributed by atoms with Crippen molar-refractivity contribution in [3.05, 3.63) is 72.3 Å². The number of carboxylic acid groups (broad SMARTS) is 1. The number of unbranched alkanes of at least 4 members (excludes halogenated alkanes) is 2. The minimum absolute atomic E-state index is 0.187. The molecular weight excluding hydrogens is 402 g/mol. The molecule has 0 aliphatic rings. The highest BCUT2D eigenvalue weighted by Crippen LogP contribution is 2.34. The standard InChI is InChI=1S/C26H27N3O3/c1-18-11-13-20(14-12-18)29-23-17-24(32-15-7-3-6-10-25(30)31)21(27)16-22(23)28-26(29)19-8-4-2-5-9-19/h2,4-5,8-9,11-14,16-17H,3,6-7,10,15,27H2,1H3,(H,30,31). The number of hydrogen-bond donors (Lipinski definition) is 2. The van der Waals surface area contributed by atoms with E-state index < -0.39 is 5.97 Å². The van der Waals surface area contributed by atoms with E-state index in [1.807, 2.05) is 42.5 Å². The first kappa shape index (κ1) is 21.4. The van der Waals surface area contributed by atoms with E-state index >= 15 is 0 Å². The van der Waals surface area contributed by atoms with Gasteiger partial charge >= 0.3 is 5.97 Å². The van der Waals surface area contributed by atoms with Gasteiger partial charge in [0.1, 0.15) is 11.6 Å². The summed E-state index contributed by atoms with van der Waals surface area (Å²) in [6, 6.07) is 22.2. The van der Waals surface area contributed by atoms with E-state index in [0.29, 0.717) is 24.5 Å². The Morgan fingerprint density at radius 2 is 1.78 bits per heavy atom. The highest BCUT2D eigenvalue weighted by molar-refractivity contribution is 5.88. The van der Waals surface area contributed by atoms with Crippen LogP contribution in [-0.2, 0) is 4.79 Å². The molecule has 1 aromatic heterocycles. The fraction of sp³-hybridized carbons (Fsp3) is 0.231. The number of rotatable bonds is 9. The topological polar surface area (TPSA) is 90.4 Å². The molecule has 32 heavy (non-hydrogen) atoms. The second-order valence-corrected chi connectivity index (χ2v) is 7.90. The average Bonchev–Trinajstić information content (AvgIpc) is 3.15. The van der Waals surface area contributed by atoms with Gasteiger partial charge in [-0.15, -0.1) is 0 Å². The molecule has 0 saturated carbocycles. The highest BCUT2D eigenvalue weighted by atomic mass is 16.5. The Bertz CT molecular complexity index is 1210. The second kappa shape index (κ2) is 9.56. The number of nitrogens with two attached hydrogens (primary N) is 1. The number of hydrogen-bond acceptors (Lipinski definition) is 4. The first-order valence-corrected chi connectivity index (χ1v) is 10.8. The number of carboxylic acids is 1. The van der Waals surface area contributed by atoms with E-state index in [0.717, 1.165) is 41.0 Å². The lowest BCUT2D eigenvalue weighted by atomic mass is 10.2. The zero-order chi connectivity index (χ0) is 22.5. The van der Waals surface area contributed by atoms with Gasteiger partial charge in [0.2, 0.25) is 0 Å². The molecule has 3 N–H and O–H groups in total. The van der Waals surface area contributed by atoms with Crippen molar-refractivity contribution in [3.63, 3.8) is 0 Å². The molecule has 0 bridgehead atoms. The zero-order valence-electron chi connectivity index (χ0n) is 18.1. The third kappa shape index (κ3) is 4.75. The summed E-state index contributed by atoms with van der Waals surface area (Å²) < 4.78 is 8.09. The van der Waals surface area contributed by atoms with Crippen molar-refractivity contribution in [2.45, 2.75) is 32.6 Å². The lowest BCUT2D eigenvalue weighted by molar-refractivity contribution is -0.137. The fourth-order valence-corrected chi connectivity index (χ4v) is 3.72. The van der Waals surface area contributed by atoms with Gasteiger partial charge < -0.3 is 15.6 Å². The van der Waals surface area contributed by atoms with Crippen LogP contribution in [0.4, 0.5) is 5.69 Å². The number of fused-ring (bicyclic) bond motifs is 1. The third-order valence-corrected chi connectivity index (χ3v) is 5.40. The van der Waals surface area contributed by atoms with E-state index in [-0.39, 0.29) is 6.42 Å². The van der Waals surface area contributed by atoms with Crippen LogP contribution in [0.5, 0.6) is 5.75 Å². The normalized spacial score (nSPS) is 11.0. The van der Waals surface area contributed by atoms with Crippen LogP contribution in [0.15, 0.2) is 66.7 Å². The van der Waals surface area contributed by atoms with Crippen LogP contribution < -0.4 is 10.5 Å². The molecule has 1 heterocycles. The van der Waals surface area contributed by atoms with Gasteiger partial charge in [0, 0.05) is 23.7 Å². The van der Waals surface area contributed by atoms with Crippen molar-refractivity contribution in [1.29, 1.82) is 0 Å². The summed E-state index contributed by atoms with van der Waals surface area (Å²) in [7, 11) is 0. The van der Waals surface area contributed by atoms with Gasteiger partial charge in [-0.1, -0.05) is 48.0 Å². The van der Waals surface area contributed by atoms with Gasteiger partial charge in [-0.2, -0.15) is 0 Å². The van der Waals surface area contributed by atoms with Crippen LogP contribution >= 0.6 is 0 Å². The third-order valence-electron chi connectivity index (χ3n) is 5.40. The van der Waals surface area contributed by atoms with E-state index in [2.05, 4.69) is 35.8 Å². The molecule has 0 unspecified atom stereocenters. The molecule has 0 saturated heterocycles. The monoisotopic (exact) mass is 429 g/mol. The number of nitrogens with zero attached hydrogens (tertiary/aromatic N) is 2. The predicted molar refractivity (Wildman–Crippen MR) is 127 cm³/mol. The summed E-state index contributed by atoms with van der Waals surface area (Å²) in [5.74, 6) is 0.692. The highest BCUT2D eigenvalue weighted by Gasteiger charge is 2.17. The van der Waals surface area contributed by atoms with Gasteiger partial charge in [0.15, 0.2) is 0 Å². The number of aryl methyl sites for hydroxylation is 1. The Morgan fingerprint density at radius 3 is 2.50 bits per heavy atom. The van der Waals surface area contributed by atoms with Crippen LogP contribution in [0.3, 0.4) is 0 Å². The molecule has 164 valence electrons. The van der Waals surface area contributed by atoms with Crippen molar-refractivity contribution in [2.75, 3.05) is 12.3 Å². The number of carbonyl (C=O) groups is 1. The van der Waals surface area contributed by atoms with Crippen LogP contribution in [0.1, 0.15) is 31.2 Å². The molecule has 0 radical (unpaired) electrons. The van der Waals surface area contributed by atoms with Gasteiger partial charge in [0.05, 0.1) is 23.3 Å². The van der Waals surface area contributed by atoms with Crippen LogP contribution in [0.25, 0.3) is 28.1 Å². The van der Waals surface area contributed by atoms with E-state index in [9.17, 15) is 4.79 Å². The van der Waals surface area contributed by atoms with E-state index in [1.165, 1.54) is 5.56 Å². The molecule has 0 aliphatic heterocycles. The summed E-state index contributed by atoms with van der Waals surface area (Å²) in [6.07, 6.45) is 2.41. The van der Waals surface area contributed by atoms with E-state index in [4.69, 9.17) is 20.6 Å². The number of benzene rings is 3. The molecule has 0 fully saturated rings. The predicted octanol–water partition coefficient (Wildman–Crippen LogP) is 5.61. The Hall–Kier alpha value is -3.80. The number of imidazole rings is 1. The summed E-state index contributed by atoms with van der Waals surface area (Å²) in [4.78, 5) is 15.5. The Morgan fingerprint density at radius 1 is 1.03 bits per heavy atom. The second-order valence-electron chi connectivity index (χ2n) is 7.90. The maximum absolute atomic E-state index is 10.6. The number of aromatic nitrogens is 2. The lowest BCUT2D eigenvalue weighted by Crippen LogP contribution is -2.02. The maximum atomic E-state index is 10.6. The van der Waals surface area contributed by atoms with E-state index in [1.54, 1.807) is 0 Å². The first-order valence-electron chi connectivity index (χ1n) is 10.8. The largest absolute Gasteiger partial charge is 0.491 e. The number of nitrogen functional groups attached to an aromatic ring is 1. The number of anilines is 1. The molecule has 0 amide bonds. The van der Waals surface area contributed by atoms with Gasteiger partial charge in [-0.3, -0.25) is 9.36 Å². The minimum atomic E-state index is -0.765. The molecule has 0 spiro atoms. The zero-order valence-corrected chi connectivity index (χ0v) is 18.1. The Kier molecular flexibility index (Phi) is 6.40. The molecular formula is C26H27N3O3.